The van der Waals surface area contributed by atoms with Crippen molar-refractivity contribution in [1.29, 1.82) is 0 Å². The molecule has 0 spiro atoms. The lowest BCUT2D eigenvalue weighted by Gasteiger charge is -2.24. The number of nitrogens with zero attached hydrogens (tertiary/aromatic N) is 3. The van der Waals surface area contributed by atoms with Crippen LogP contribution in [0.3, 0.4) is 0 Å². The van der Waals surface area contributed by atoms with E-state index in [4.69, 9.17) is 4.74 Å². The highest BCUT2D eigenvalue weighted by Crippen LogP contribution is 2.31. The summed E-state index contributed by atoms with van der Waals surface area (Å²) >= 11 is 4.79. The molecule has 152 valence electrons. The van der Waals surface area contributed by atoms with E-state index in [1.807, 2.05) is 42.5 Å². The molecule has 30 heavy (non-hydrogen) atoms. The van der Waals surface area contributed by atoms with E-state index in [0.717, 1.165) is 15.6 Å². The second-order valence-electron chi connectivity index (χ2n) is 6.64. The number of thiazole rings is 1. The number of esters is 1. The average molecular weight is 484 g/mol. The zero-order chi connectivity index (χ0) is 21.3. The van der Waals surface area contributed by atoms with Gasteiger partial charge in [-0.3, -0.25) is 14.3 Å². The summed E-state index contributed by atoms with van der Waals surface area (Å²) in [5, 5.41) is 0. The van der Waals surface area contributed by atoms with Gasteiger partial charge < -0.3 is 4.74 Å². The Labute approximate surface area is 185 Å². The van der Waals surface area contributed by atoms with E-state index in [1.54, 1.807) is 30.8 Å². The molecule has 1 aromatic carbocycles. The molecular weight excluding hydrogens is 466 g/mol. The van der Waals surface area contributed by atoms with Crippen molar-refractivity contribution in [2.75, 3.05) is 6.61 Å². The van der Waals surface area contributed by atoms with Gasteiger partial charge in [-0.15, -0.1) is 0 Å². The third kappa shape index (κ3) is 3.80. The number of carbonyl (C=O) groups is 1. The number of pyridine rings is 1. The number of halogens is 1. The van der Waals surface area contributed by atoms with Crippen LogP contribution in [0.1, 0.15) is 31.0 Å². The summed E-state index contributed by atoms with van der Waals surface area (Å²) in [4.78, 5) is 35.3. The first-order valence-electron chi connectivity index (χ1n) is 9.34. The van der Waals surface area contributed by atoms with Crippen molar-refractivity contribution in [2.45, 2.75) is 19.9 Å². The zero-order valence-electron chi connectivity index (χ0n) is 16.3. The topological polar surface area (TPSA) is 73.6 Å². The average Bonchev–Trinajstić information content (AvgIpc) is 3.02. The molecule has 0 N–H and O–H groups in total. The van der Waals surface area contributed by atoms with E-state index in [2.05, 4.69) is 25.9 Å². The van der Waals surface area contributed by atoms with Crippen molar-refractivity contribution in [3.05, 3.63) is 95.3 Å². The van der Waals surface area contributed by atoms with E-state index in [-0.39, 0.29) is 12.2 Å². The van der Waals surface area contributed by atoms with Crippen LogP contribution in [0.2, 0.25) is 0 Å². The Hall–Kier alpha value is -2.84. The van der Waals surface area contributed by atoms with Crippen molar-refractivity contribution in [3.63, 3.8) is 0 Å². The molecule has 1 aliphatic rings. The van der Waals surface area contributed by atoms with E-state index >= 15 is 0 Å². The van der Waals surface area contributed by atoms with Crippen molar-refractivity contribution in [2.24, 2.45) is 4.99 Å². The highest BCUT2D eigenvalue weighted by atomic mass is 79.9. The van der Waals surface area contributed by atoms with Gasteiger partial charge in [0.15, 0.2) is 4.80 Å². The van der Waals surface area contributed by atoms with Gasteiger partial charge in [0.25, 0.3) is 5.56 Å². The van der Waals surface area contributed by atoms with Crippen LogP contribution in [0.5, 0.6) is 0 Å². The van der Waals surface area contributed by atoms with Crippen LogP contribution in [0, 0.1) is 0 Å². The van der Waals surface area contributed by atoms with Gasteiger partial charge in [-0.2, -0.15) is 0 Å². The number of hydrogen-bond donors (Lipinski definition) is 0. The molecule has 6 nitrogen and oxygen atoms in total. The summed E-state index contributed by atoms with van der Waals surface area (Å²) in [6, 6.07) is 10.6. The van der Waals surface area contributed by atoms with E-state index in [1.165, 1.54) is 11.3 Å². The molecule has 3 heterocycles. The fraction of sp³-hybridized carbons (Fsp3) is 0.182. The maximum atomic E-state index is 13.4. The minimum Gasteiger partial charge on any atom is -0.463 e. The van der Waals surface area contributed by atoms with Gasteiger partial charge in [0.1, 0.15) is 0 Å². The number of ether oxygens (including phenoxy) is 1. The van der Waals surface area contributed by atoms with Crippen LogP contribution in [0.15, 0.2) is 74.3 Å². The first kappa shape index (κ1) is 20.4. The van der Waals surface area contributed by atoms with Crippen LogP contribution >= 0.6 is 27.3 Å². The quantitative estimate of drug-likeness (QED) is 0.534. The van der Waals surface area contributed by atoms with Gasteiger partial charge in [0, 0.05) is 16.9 Å². The normalized spacial score (nSPS) is 16.2. The monoisotopic (exact) mass is 483 g/mol. The lowest BCUT2D eigenvalue weighted by atomic mass is 9.96. The van der Waals surface area contributed by atoms with Gasteiger partial charge in [-0.25, -0.2) is 9.79 Å². The molecule has 0 bridgehead atoms. The molecule has 1 aliphatic heterocycles. The number of aromatic nitrogens is 2. The standard InChI is InChI=1S/C22H18BrN3O3S/c1-3-29-21(28)18-13(2)25-22-26(19(18)15-5-4-6-16(23)12-15)20(27)17(30-22)11-14-7-9-24-10-8-14/h4-12,19H,3H2,1-2H3/b17-11-. The number of benzene rings is 1. The predicted molar refractivity (Wildman–Crippen MR) is 119 cm³/mol. The van der Waals surface area contributed by atoms with Gasteiger partial charge in [0.2, 0.25) is 0 Å². The number of allylic oxidation sites excluding steroid dienone is 1. The number of rotatable bonds is 4. The van der Waals surface area contributed by atoms with Crippen molar-refractivity contribution >= 4 is 39.3 Å². The summed E-state index contributed by atoms with van der Waals surface area (Å²) in [5.74, 6) is -0.466. The third-order valence-electron chi connectivity index (χ3n) is 4.69. The lowest BCUT2D eigenvalue weighted by molar-refractivity contribution is -0.139. The molecule has 8 heteroatoms. The molecule has 0 fully saturated rings. The predicted octanol–water partition coefficient (Wildman–Crippen LogP) is 2.96. The molecule has 0 saturated carbocycles. The Kier molecular flexibility index (Phi) is 5.78. The largest absolute Gasteiger partial charge is 0.463 e. The number of fused-ring (bicyclic) bond motifs is 1. The summed E-state index contributed by atoms with van der Waals surface area (Å²) < 4.78 is 8.28. The van der Waals surface area contributed by atoms with Crippen LogP contribution in [-0.4, -0.2) is 22.1 Å². The molecular formula is C22H18BrN3O3S. The molecule has 3 aromatic rings. The van der Waals surface area contributed by atoms with Gasteiger partial charge >= 0.3 is 5.97 Å². The van der Waals surface area contributed by atoms with Crippen molar-refractivity contribution in [1.82, 2.24) is 9.55 Å². The van der Waals surface area contributed by atoms with Crippen LogP contribution in [-0.2, 0) is 9.53 Å². The highest BCUT2D eigenvalue weighted by Gasteiger charge is 2.33. The first-order chi connectivity index (χ1) is 14.5. The summed E-state index contributed by atoms with van der Waals surface area (Å²) in [5.41, 5.74) is 2.40. The van der Waals surface area contributed by atoms with E-state index in [9.17, 15) is 9.59 Å². The van der Waals surface area contributed by atoms with E-state index in [0.29, 0.717) is 20.6 Å². The summed E-state index contributed by atoms with van der Waals surface area (Å²) in [6.07, 6.45) is 5.17. The smallest absolute Gasteiger partial charge is 0.338 e. The molecule has 0 aliphatic carbocycles. The fourth-order valence-corrected chi connectivity index (χ4v) is 4.86. The Morgan fingerprint density at radius 3 is 2.77 bits per heavy atom. The van der Waals surface area contributed by atoms with Gasteiger partial charge in [-0.05, 0) is 55.3 Å². The Morgan fingerprint density at radius 2 is 2.07 bits per heavy atom. The van der Waals surface area contributed by atoms with Gasteiger partial charge in [-0.1, -0.05) is 39.4 Å². The molecule has 1 unspecified atom stereocenters. The molecule has 0 radical (unpaired) electrons. The second-order valence-corrected chi connectivity index (χ2v) is 8.56. The van der Waals surface area contributed by atoms with Crippen molar-refractivity contribution in [3.8, 4) is 0 Å². The number of hydrogen-bond acceptors (Lipinski definition) is 6. The summed E-state index contributed by atoms with van der Waals surface area (Å²) in [6.45, 7) is 3.77. The van der Waals surface area contributed by atoms with Crippen LogP contribution < -0.4 is 14.9 Å². The molecule has 0 saturated heterocycles. The zero-order valence-corrected chi connectivity index (χ0v) is 18.7. The van der Waals surface area contributed by atoms with E-state index < -0.39 is 12.0 Å². The molecule has 4 rings (SSSR count). The summed E-state index contributed by atoms with van der Waals surface area (Å²) in [7, 11) is 0. The Morgan fingerprint density at radius 1 is 1.30 bits per heavy atom. The molecule has 2 aromatic heterocycles. The first-order valence-corrected chi connectivity index (χ1v) is 11.0. The maximum absolute atomic E-state index is 13.4. The minimum absolute atomic E-state index is 0.199. The molecule has 1 atom stereocenters. The number of carbonyl (C=O) groups excluding carboxylic acids is 1. The second kappa shape index (κ2) is 8.49. The fourth-order valence-electron chi connectivity index (χ4n) is 3.39. The molecule has 0 amide bonds. The van der Waals surface area contributed by atoms with Crippen LogP contribution in [0.25, 0.3) is 6.08 Å². The van der Waals surface area contributed by atoms with Crippen LogP contribution in [0.4, 0.5) is 0 Å². The Bertz CT molecular complexity index is 1330. The third-order valence-corrected chi connectivity index (χ3v) is 6.16. The lowest BCUT2D eigenvalue weighted by Crippen LogP contribution is -2.39. The highest BCUT2D eigenvalue weighted by molar-refractivity contribution is 9.10. The SMILES string of the molecule is CCOC(=O)C1=C(C)N=c2s/c(=C\c3ccncc3)c(=O)n2C1c1cccc(Br)c1. The van der Waals surface area contributed by atoms with Gasteiger partial charge in [0.05, 0.1) is 28.5 Å². The maximum Gasteiger partial charge on any atom is 0.338 e. The minimum atomic E-state index is -0.614. The van der Waals surface area contributed by atoms with Crippen molar-refractivity contribution < 1.29 is 9.53 Å². The Balaban J connectivity index is 1.98.